The van der Waals surface area contributed by atoms with Gasteiger partial charge >= 0.3 is 6.36 Å². The van der Waals surface area contributed by atoms with Crippen LogP contribution in [0.2, 0.25) is 0 Å². The van der Waals surface area contributed by atoms with Crippen molar-refractivity contribution in [2.45, 2.75) is 25.2 Å². The quantitative estimate of drug-likeness (QED) is 0.876. The highest BCUT2D eigenvalue weighted by Crippen LogP contribution is 2.25. The predicted octanol–water partition coefficient (Wildman–Crippen LogP) is 2.41. The molecule has 1 aromatic carbocycles. The van der Waals surface area contributed by atoms with Crippen molar-refractivity contribution in [2.24, 2.45) is 5.73 Å². The number of benzene rings is 1. The summed E-state index contributed by atoms with van der Waals surface area (Å²) in [5, 5.41) is 0. The highest BCUT2D eigenvalue weighted by Gasteiger charge is 2.31. The van der Waals surface area contributed by atoms with E-state index in [9.17, 15) is 21.6 Å². The van der Waals surface area contributed by atoms with E-state index in [-0.39, 0.29) is 11.5 Å². The Labute approximate surface area is 115 Å². The maximum Gasteiger partial charge on any atom is 0.573 e. The van der Waals surface area contributed by atoms with Crippen molar-refractivity contribution in [2.75, 3.05) is 12.0 Å². The van der Waals surface area contributed by atoms with Crippen molar-refractivity contribution in [3.63, 3.8) is 0 Å². The summed E-state index contributed by atoms with van der Waals surface area (Å²) in [5.74, 6) is -0.278. The average Bonchev–Trinajstić information content (AvgIpc) is 2.25. The molecule has 0 heterocycles. The van der Waals surface area contributed by atoms with Crippen LogP contribution in [0.3, 0.4) is 0 Å². The van der Waals surface area contributed by atoms with Crippen LogP contribution in [0.25, 0.3) is 0 Å². The molecule has 0 spiro atoms. The van der Waals surface area contributed by atoms with Gasteiger partial charge in [-0.2, -0.15) is 0 Å². The van der Waals surface area contributed by atoms with Gasteiger partial charge in [-0.25, -0.2) is 8.42 Å². The smallest absolute Gasteiger partial charge is 0.406 e. The molecule has 114 valence electrons. The van der Waals surface area contributed by atoms with Gasteiger partial charge in [0.05, 0.1) is 0 Å². The second kappa shape index (κ2) is 6.45. The normalized spacial score (nSPS) is 14.1. The van der Waals surface area contributed by atoms with E-state index >= 15 is 0 Å². The minimum Gasteiger partial charge on any atom is -0.406 e. The molecule has 8 heteroatoms. The number of nitrogens with two attached hydrogens (primary N) is 1. The first kappa shape index (κ1) is 16.8. The molecule has 0 aliphatic carbocycles. The molecule has 20 heavy (non-hydrogen) atoms. The zero-order valence-electron chi connectivity index (χ0n) is 10.9. The fraction of sp³-hybridized carbons (Fsp3) is 0.500. The van der Waals surface area contributed by atoms with Crippen LogP contribution in [-0.4, -0.2) is 26.8 Å². The van der Waals surface area contributed by atoms with Crippen molar-refractivity contribution >= 4 is 9.84 Å². The Morgan fingerprint density at radius 2 is 1.80 bits per heavy atom. The molecule has 0 aromatic heterocycles. The third kappa shape index (κ3) is 6.76. The van der Waals surface area contributed by atoms with E-state index in [0.717, 1.165) is 6.26 Å². The van der Waals surface area contributed by atoms with E-state index in [2.05, 4.69) is 4.74 Å². The Bertz CT molecular complexity index is 526. The molecule has 0 saturated carbocycles. The van der Waals surface area contributed by atoms with Crippen LogP contribution >= 0.6 is 0 Å². The van der Waals surface area contributed by atoms with Crippen LogP contribution in [0.15, 0.2) is 24.3 Å². The molecular weight excluding hydrogens is 295 g/mol. The van der Waals surface area contributed by atoms with Crippen LogP contribution in [0.4, 0.5) is 13.2 Å². The summed E-state index contributed by atoms with van der Waals surface area (Å²) in [5.41, 5.74) is 6.48. The molecule has 0 aliphatic heterocycles. The maximum absolute atomic E-state index is 12.0. The van der Waals surface area contributed by atoms with Crippen LogP contribution in [-0.2, 0) is 9.84 Å². The van der Waals surface area contributed by atoms with Gasteiger partial charge in [0.1, 0.15) is 15.6 Å². The SMILES string of the molecule is CS(=O)(=O)CCCC(N)c1ccc(OC(F)(F)F)cc1. The molecule has 1 atom stereocenters. The largest absolute Gasteiger partial charge is 0.573 e. The molecule has 0 amide bonds. The number of rotatable bonds is 6. The van der Waals surface area contributed by atoms with Crippen molar-refractivity contribution in [3.05, 3.63) is 29.8 Å². The lowest BCUT2D eigenvalue weighted by Crippen LogP contribution is -2.17. The minimum atomic E-state index is -4.72. The molecule has 0 aliphatic rings. The van der Waals surface area contributed by atoms with E-state index in [0.29, 0.717) is 18.4 Å². The minimum absolute atomic E-state index is 0.0377. The first-order valence-corrected chi connectivity index (χ1v) is 7.92. The lowest BCUT2D eigenvalue weighted by Gasteiger charge is -2.13. The number of alkyl halides is 3. The van der Waals surface area contributed by atoms with Gasteiger partial charge in [0.15, 0.2) is 0 Å². The summed E-state index contributed by atoms with van der Waals surface area (Å²) >= 11 is 0. The topological polar surface area (TPSA) is 69.4 Å². The van der Waals surface area contributed by atoms with Crippen LogP contribution < -0.4 is 10.5 Å². The van der Waals surface area contributed by atoms with E-state index in [1.54, 1.807) is 0 Å². The molecule has 1 rings (SSSR count). The zero-order chi connectivity index (χ0) is 15.4. The average molecular weight is 311 g/mol. The van der Waals surface area contributed by atoms with Gasteiger partial charge in [-0.15, -0.1) is 13.2 Å². The summed E-state index contributed by atoms with van der Waals surface area (Å²) in [6.45, 7) is 0. The predicted molar refractivity (Wildman–Crippen MR) is 69.0 cm³/mol. The fourth-order valence-corrected chi connectivity index (χ4v) is 2.34. The Kier molecular flexibility index (Phi) is 5.41. The number of hydrogen-bond acceptors (Lipinski definition) is 4. The van der Waals surface area contributed by atoms with Crippen molar-refractivity contribution in [1.29, 1.82) is 0 Å². The van der Waals surface area contributed by atoms with E-state index in [1.807, 2.05) is 0 Å². The Hall–Kier alpha value is -1.28. The first-order chi connectivity index (χ1) is 9.07. The molecule has 0 saturated heterocycles. The third-order valence-corrected chi connectivity index (χ3v) is 3.60. The molecule has 4 nitrogen and oxygen atoms in total. The molecule has 0 bridgehead atoms. The van der Waals surface area contributed by atoms with E-state index < -0.39 is 22.2 Å². The fourth-order valence-electron chi connectivity index (χ4n) is 1.65. The monoisotopic (exact) mass is 311 g/mol. The molecule has 1 aromatic rings. The molecule has 1 unspecified atom stereocenters. The van der Waals surface area contributed by atoms with Gasteiger partial charge in [-0.3, -0.25) is 0 Å². The number of ether oxygens (including phenoxy) is 1. The molecular formula is C12H16F3NO3S. The van der Waals surface area contributed by atoms with Crippen LogP contribution in [0, 0.1) is 0 Å². The third-order valence-electron chi connectivity index (χ3n) is 2.57. The van der Waals surface area contributed by atoms with E-state index in [4.69, 9.17) is 5.73 Å². The van der Waals surface area contributed by atoms with Crippen LogP contribution in [0.5, 0.6) is 5.75 Å². The van der Waals surface area contributed by atoms with E-state index in [1.165, 1.54) is 24.3 Å². The highest BCUT2D eigenvalue weighted by molar-refractivity contribution is 7.90. The second-order valence-corrected chi connectivity index (χ2v) is 6.76. The Balaban J connectivity index is 2.55. The van der Waals surface area contributed by atoms with Crippen molar-refractivity contribution in [1.82, 2.24) is 0 Å². The molecule has 0 radical (unpaired) electrons. The first-order valence-electron chi connectivity index (χ1n) is 5.86. The van der Waals surface area contributed by atoms with Crippen molar-refractivity contribution < 1.29 is 26.3 Å². The van der Waals surface area contributed by atoms with Gasteiger partial charge in [0, 0.05) is 18.1 Å². The Morgan fingerprint density at radius 1 is 1.25 bits per heavy atom. The Morgan fingerprint density at radius 3 is 2.25 bits per heavy atom. The summed E-state index contributed by atoms with van der Waals surface area (Å²) in [6.07, 6.45) is -2.74. The maximum atomic E-state index is 12.0. The molecule has 2 N–H and O–H groups in total. The highest BCUT2D eigenvalue weighted by atomic mass is 32.2. The lowest BCUT2D eigenvalue weighted by atomic mass is 10.0. The number of sulfone groups is 1. The van der Waals surface area contributed by atoms with Crippen LogP contribution in [0.1, 0.15) is 24.4 Å². The van der Waals surface area contributed by atoms with Crippen molar-refractivity contribution in [3.8, 4) is 5.75 Å². The van der Waals surface area contributed by atoms with Gasteiger partial charge in [0.2, 0.25) is 0 Å². The number of halogens is 3. The standard InChI is InChI=1S/C12H16F3NO3S/c1-20(17,18)8-2-3-11(16)9-4-6-10(7-5-9)19-12(13,14)15/h4-7,11H,2-3,8,16H2,1H3. The summed E-state index contributed by atoms with van der Waals surface area (Å²) in [6, 6.07) is 4.81. The molecule has 0 fully saturated rings. The second-order valence-electron chi connectivity index (χ2n) is 4.50. The number of hydrogen-bond donors (Lipinski definition) is 1. The lowest BCUT2D eigenvalue weighted by molar-refractivity contribution is -0.274. The summed E-state index contributed by atoms with van der Waals surface area (Å²) in [7, 11) is -3.03. The summed E-state index contributed by atoms with van der Waals surface area (Å²) < 4.78 is 61.6. The van der Waals surface area contributed by atoms with Gasteiger partial charge in [0.25, 0.3) is 0 Å². The zero-order valence-corrected chi connectivity index (χ0v) is 11.7. The van der Waals surface area contributed by atoms with Gasteiger partial charge < -0.3 is 10.5 Å². The summed E-state index contributed by atoms with van der Waals surface area (Å²) in [4.78, 5) is 0. The van der Waals surface area contributed by atoms with Gasteiger partial charge in [-0.05, 0) is 30.5 Å². The van der Waals surface area contributed by atoms with Gasteiger partial charge in [-0.1, -0.05) is 12.1 Å².